The predicted octanol–water partition coefficient (Wildman–Crippen LogP) is 6.78. The maximum atomic E-state index is 13.1. The summed E-state index contributed by atoms with van der Waals surface area (Å²) in [6.07, 6.45) is 8.06. The molecule has 0 saturated heterocycles. The van der Waals surface area contributed by atoms with Crippen molar-refractivity contribution in [2.45, 2.75) is 58.4 Å². The van der Waals surface area contributed by atoms with Crippen molar-refractivity contribution in [1.82, 2.24) is 14.5 Å². The van der Waals surface area contributed by atoms with E-state index in [1.807, 2.05) is 48.5 Å². The zero-order valence-electron chi connectivity index (χ0n) is 19.6. The predicted molar refractivity (Wildman–Crippen MR) is 138 cm³/mol. The number of ether oxygens (including phenoxy) is 1. The molecule has 0 amide bonds. The fourth-order valence-corrected chi connectivity index (χ4v) is 4.37. The number of aromatic nitrogens is 3. The molecule has 2 heterocycles. The second-order valence-electron chi connectivity index (χ2n) is 8.58. The van der Waals surface area contributed by atoms with Gasteiger partial charge in [-0.25, -0.2) is 14.8 Å². The number of hydrogen-bond donors (Lipinski definition) is 1. The molecule has 2 N–H and O–H groups in total. The number of fused-ring (bicyclic) bond motifs is 2. The SMILES string of the molecule is CCCCCCCCCOC(=O)c1c(N)n(Cc2ccccc2Cl)c2nc3ccccc3nc12. The van der Waals surface area contributed by atoms with E-state index < -0.39 is 5.97 Å². The van der Waals surface area contributed by atoms with Gasteiger partial charge in [-0.05, 0) is 30.2 Å². The van der Waals surface area contributed by atoms with E-state index >= 15 is 0 Å². The quantitative estimate of drug-likeness (QED) is 0.190. The molecule has 0 bridgehead atoms. The van der Waals surface area contributed by atoms with E-state index in [1.165, 1.54) is 25.7 Å². The van der Waals surface area contributed by atoms with E-state index in [4.69, 9.17) is 32.0 Å². The lowest BCUT2D eigenvalue weighted by atomic mass is 10.1. The number of hydrogen-bond acceptors (Lipinski definition) is 5. The number of carbonyl (C=O) groups is 1. The first-order valence-electron chi connectivity index (χ1n) is 12.0. The number of benzene rings is 2. The van der Waals surface area contributed by atoms with Crippen LogP contribution in [0.5, 0.6) is 0 Å². The first kappa shape index (κ1) is 24.0. The minimum Gasteiger partial charge on any atom is -0.462 e. The Morgan fingerprint density at radius 3 is 2.32 bits per heavy atom. The summed E-state index contributed by atoms with van der Waals surface area (Å²) in [4.78, 5) is 22.6. The second-order valence-corrected chi connectivity index (χ2v) is 8.99. The Balaban J connectivity index is 1.59. The van der Waals surface area contributed by atoms with Crippen molar-refractivity contribution >= 4 is 45.6 Å². The summed E-state index contributed by atoms with van der Waals surface area (Å²) in [5, 5.41) is 0.626. The van der Waals surface area contributed by atoms with Crippen LogP contribution in [0.2, 0.25) is 5.02 Å². The first-order valence-corrected chi connectivity index (χ1v) is 12.4. The van der Waals surface area contributed by atoms with Gasteiger partial charge < -0.3 is 15.0 Å². The molecule has 0 radical (unpaired) electrons. The molecule has 0 fully saturated rings. The largest absolute Gasteiger partial charge is 0.462 e. The van der Waals surface area contributed by atoms with Gasteiger partial charge in [-0.1, -0.05) is 87.4 Å². The number of nitrogens with two attached hydrogens (primary N) is 1. The standard InChI is InChI=1S/C27H31ClN4O2/c1-2-3-4-5-6-7-12-17-34-27(33)23-24-26(31-22-16-11-10-15-21(22)30-24)32(25(23)29)18-19-13-8-9-14-20(19)28/h8-11,13-16H,2-7,12,17-18,29H2,1H3. The third kappa shape index (κ3) is 5.33. The van der Waals surface area contributed by atoms with Crippen molar-refractivity contribution < 1.29 is 9.53 Å². The summed E-state index contributed by atoms with van der Waals surface area (Å²) in [5.74, 6) is -0.175. The molecule has 0 unspecified atom stereocenters. The molecule has 0 aliphatic carbocycles. The molecule has 0 spiro atoms. The highest BCUT2D eigenvalue weighted by Crippen LogP contribution is 2.30. The summed E-state index contributed by atoms with van der Waals surface area (Å²) in [7, 11) is 0. The fraction of sp³-hybridized carbons (Fsp3) is 0.370. The molecular formula is C27H31ClN4O2. The Bertz CT molecular complexity index is 1280. The number of nitrogens with zero attached hydrogens (tertiary/aromatic N) is 3. The van der Waals surface area contributed by atoms with E-state index in [9.17, 15) is 4.79 Å². The lowest BCUT2D eigenvalue weighted by Gasteiger charge is -2.09. The molecule has 0 atom stereocenters. The third-order valence-corrected chi connectivity index (χ3v) is 6.43. The lowest BCUT2D eigenvalue weighted by molar-refractivity contribution is 0.0501. The van der Waals surface area contributed by atoms with E-state index in [0.29, 0.717) is 34.9 Å². The van der Waals surface area contributed by atoms with Crippen LogP contribution in [0.15, 0.2) is 48.5 Å². The smallest absolute Gasteiger partial charge is 0.344 e. The van der Waals surface area contributed by atoms with Gasteiger partial charge in [-0.15, -0.1) is 0 Å². The van der Waals surface area contributed by atoms with Gasteiger partial charge in [-0.3, -0.25) is 0 Å². The number of halogens is 1. The molecule has 178 valence electrons. The summed E-state index contributed by atoms with van der Waals surface area (Å²) in [6, 6.07) is 15.1. The highest BCUT2D eigenvalue weighted by molar-refractivity contribution is 6.31. The van der Waals surface area contributed by atoms with Gasteiger partial charge in [-0.2, -0.15) is 0 Å². The zero-order chi connectivity index (χ0) is 23.9. The Hall–Kier alpha value is -3.12. The van der Waals surface area contributed by atoms with E-state index in [2.05, 4.69) is 6.92 Å². The molecule has 0 aliphatic rings. The number of esters is 1. The van der Waals surface area contributed by atoms with Crippen LogP contribution in [0, 0.1) is 0 Å². The van der Waals surface area contributed by atoms with E-state index in [0.717, 1.165) is 30.3 Å². The molecule has 34 heavy (non-hydrogen) atoms. The highest BCUT2D eigenvalue weighted by atomic mass is 35.5. The van der Waals surface area contributed by atoms with Gasteiger partial charge in [0.15, 0.2) is 5.65 Å². The first-order chi connectivity index (χ1) is 16.6. The number of rotatable bonds is 11. The Kier molecular flexibility index (Phi) is 8.01. The fourth-order valence-electron chi connectivity index (χ4n) is 4.17. The van der Waals surface area contributed by atoms with Crippen LogP contribution < -0.4 is 5.73 Å². The lowest BCUT2D eigenvalue weighted by Crippen LogP contribution is -2.11. The van der Waals surface area contributed by atoms with Crippen LogP contribution in [0.4, 0.5) is 5.82 Å². The van der Waals surface area contributed by atoms with Crippen LogP contribution in [0.3, 0.4) is 0 Å². The molecular weight excluding hydrogens is 448 g/mol. The average molecular weight is 479 g/mol. The molecule has 6 nitrogen and oxygen atoms in total. The zero-order valence-corrected chi connectivity index (χ0v) is 20.4. The topological polar surface area (TPSA) is 83.0 Å². The maximum Gasteiger partial charge on any atom is 0.344 e. The molecule has 7 heteroatoms. The monoisotopic (exact) mass is 478 g/mol. The van der Waals surface area contributed by atoms with Gasteiger partial charge in [0.05, 0.1) is 24.2 Å². The minimum absolute atomic E-state index is 0.267. The number of para-hydroxylation sites is 2. The minimum atomic E-state index is -0.462. The van der Waals surface area contributed by atoms with Crippen LogP contribution in [0.25, 0.3) is 22.2 Å². The second kappa shape index (κ2) is 11.3. The summed E-state index contributed by atoms with van der Waals surface area (Å²) < 4.78 is 7.41. The molecule has 4 aromatic rings. The van der Waals surface area contributed by atoms with Gasteiger partial charge >= 0.3 is 5.97 Å². The molecule has 0 aliphatic heterocycles. The van der Waals surface area contributed by atoms with Crippen molar-refractivity contribution in [3.05, 3.63) is 64.7 Å². The van der Waals surface area contributed by atoms with Crippen molar-refractivity contribution in [2.24, 2.45) is 0 Å². The number of anilines is 1. The third-order valence-electron chi connectivity index (χ3n) is 6.06. The number of nitrogen functional groups attached to an aromatic ring is 1. The van der Waals surface area contributed by atoms with Crippen molar-refractivity contribution in [3.63, 3.8) is 0 Å². The van der Waals surface area contributed by atoms with Gasteiger partial charge in [0, 0.05) is 5.02 Å². The van der Waals surface area contributed by atoms with E-state index in [1.54, 1.807) is 4.57 Å². The van der Waals surface area contributed by atoms with Crippen LogP contribution in [0.1, 0.15) is 67.8 Å². The van der Waals surface area contributed by atoms with Crippen molar-refractivity contribution in [3.8, 4) is 0 Å². The molecule has 4 rings (SSSR count). The van der Waals surface area contributed by atoms with Crippen LogP contribution >= 0.6 is 11.6 Å². The summed E-state index contributed by atoms with van der Waals surface area (Å²) in [6.45, 7) is 2.95. The van der Waals surface area contributed by atoms with Crippen molar-refractivity contribution in [2.75, 3.05) is 12.3 Å². The van der Waals surface area contributed by atoms with E-state index in [-0.39, 0.29) is 11.4 Å². The molecule has 0 saturated carbocycles. The van der Waals surface area contributed by atoms with Gasteiger partial charge in [0.25, 0.3) is 0 Å². The van der Waals surface area contributed by atoms with Crippen LogP contribution in [-0.4, -0.2) is 27.1 Å². The van der Waals surface area contributed by atoms with Crippen LogP contribution in [-0.2, 0) is 11.3 Å². The Morgan fingerprint density at radius 2 is 1.59 bits per heavy atom. The molecule has 2 aromatic heterocycles. The number of carbonyl (C=O) groups excluding carboxylic acids is 1. The highest BCUT2D eigenvalue weighted by Gasteiger charge is 2.25. The average Bonchev–Trinajstić information content (AvgIpc) is 3.10. The Morgan fingerprint density at radius 1 is 0.941 bits per heavy atom. The Labute approximate surface area is 205 Å². The van der Waals surface area contributed by atoms with Gasteiger partial charge in [0.2, 0.25) is 0 Å². The number of unbranched alkanes of at least 4 members (excludes halogenated alkanes) is 6. The molecule has 2 aromatic carbocycles. The maximum absolute atomic E-state index is 13.1. The van der Waals surface area contributed by atoms with Gasteiger partial charge in [0.1, 0.15) is 16.9 Å². The summed E-state index contributed by atoms with van der Waals surface area (Å²) >= 11 is 6.40. The summed E-state index contributed by atoms with van der Waals surface area (Å²) in [5.41, 5.74) is 10.1. The normalized spacial score (nSPS) is 11.4. The van der Waals surface area contributed by atoms with Crippen molar-refractivity contribution in [1.29, 1.82) is 0 Å².